The van der Waals surface area contributed by atoms with Gasteiger partial charge in [0.25, 0.3) is 0 Å². The molecule has 0 saturated heterocycles. The Morgan fingerprint density at radius 2 is 1.76 bits per heavy atom. The molecular weight excluding hydrogens is 311 g/mol. The highest BCUT2D eigenvalue weighted by Gasteiger charge is 2.31. The second-order valence-corrected chi connectivity index (χ2v) is 6.20. The van der Waals surface area contributed by atoms with Gasteiger partial charge < -0.3 is 5.11 Å². The lowest BCUT2D eigenvalue weighted by molar-refractivity contribution is -0.140. The number of sulfonamides is 1. The minimum Gasteiger partial charge on any atom is -0.480 e. The highest BCUT2D eigenvalue weighted by atomic mass is 32.2. The third-order valence-corrected chi connectivity index (χ3v) is 4.48. The van der Waals surface area contributed by atoms with E-state index in [2.05, 4.69) is 0 Å². The van der Waals surface area contributed by atoms with Crippen LogP contribution in [0.15, 0.2) is 17.0 Å². The molecule has 0 saturated carbocycles. The summed E-state index contributed by atoms with van der Waals surface area (Å²) in [7, 11) is -4.64. The lowest BCUT2D eigenvalue weighted by Gasteiger charge is -2.20. The number of carboxylic acids is 1. The molecule has 1 aromatic rings. The van der Waals surface area contributed by atoms with E-state index >= 15 is 0 Å². The number of carboxylic acid groups (broad SMARTS) is 1. The molecule has 0 fully saturated rings. The van der Waals surface area contributed by atoms with E-state index in [1.807, 2.05) is 0 Å². The Balaban J connectivity index is 3.23. The molecule has 0 radical (unpaired) electrons. The van der Waals surface area contributed by atoms with Crippen molar-refractivity contribution in [3.8, 4) is 0 Å². The molecule has 0 heterocycles. The van der Waals surface area contributed by atoms with Crippen molar-refractivity contribution in [1.82, 2.24) is 4.72 Å². The third-order valence-electron chi connectivity index (χ3n) is 3.03. The fourth-order valence-corrected chi connectivity index (χ4v) is 2.96. The lowest BCUT2D eigenvalue weighted by Crippen LogP contribution is -2.45. The first-order valence-electron chi connectivity index (χ1n) is 5.99. The first-order valence-corrected chi connectivity index (χ1v) is 7.48. The fraction of sp³-hybridized carbons (Fsp3) is 0.417. The molecule has 1 aromatic carbocycles. The van der Waals surface area contributed by atoms with Crippen LogP contribution in [0.3, 0.4) is 0 Å². The van der Waals surface area contributed by atoms with Gasteiger partial charge in [-0.15, -0.1) is 0 Å². The summed E-state index contributed by atoms with van der Waals surface area (Å²) in [5.41, 5.74) is 0. The van der Waals surface area contributed by atoms with E-state index in [0.717, 1.165) is 0 Å². The standard InChI is InChI=1S/C12H14F3NO4S/c1-3-6(2)11(12(17)18)16-21(19,20)10-5-8(14)7(13)4-9(10)15/h4-6,11,16H,3H2,1-2H3,(H,17,18). The van der Waals surface area contributed by atoms with Crippen molar-refractivity contribution in [2.45, 2.75) is 31.2 Å². The van der Waals surface area contributed by atoms with E-state index in [1.54, 1.807) is 11.6 Å². The van der Waals surface area contributed by atoms with Crippen molar-refractivity contribution >= 4 is 16.0 Å². The van der Waals surface area contributed by atoms with Crippen LogP contribution in [-0.2, 0) is 14.8 Å². The maximum atomic E-state index is 13.5. The van der Waals surface area contributed by atoms with Crippen LogP contribution in [0.5, 0.6) is 0 Å². The van der Waals surface area contributed by atoms with E-state index in [9.17, 15) is 26.4 Å². The molecule has 0 amide bonds. The zero-order valence-electron chi connectivity index (χ0n) is 11.2. The van der Waals surface area contributed by atoms with Crippen LogP contribution in [0, 0.1) is 23.4 Å². The molecule has 118 valence electrons. The van der Waals surface area contributed by atoms with Gasteiger partial charge in [-0.05, 0) is 12.0 Å². The van der Waals surface area contributed by atoms with E-state index in [-0.39, 0.29) is 12.1 Å². The maximum absolute atomic E-state index is 13.5. The Morgan fingerprint density at radius 3 is 2.24 bits per heavy atom. The molecule has 2 unspecified atom stereocenters. The Morgan fingerprint density at radius 1 is 1.24 bits per heavy atom. The summed E-state index contributed by atoms with van der Waals surface area (Å²) in [4.78, 5) is 9.92. The molecule has 5 nitrogen and oxygen atoms in total. The average Bonchev–Trinajstić information content (AvgIpc) is 2.38. The molecular formula is C12H14F3NO4S. The first kappa shape index (κ1) is 17.4. The summed E-state index contributed by atoms with van der Waals surface area (Å²) in [6.07, 6.45) is 0.347. The van der Waals surface area contributed by atoms with Gasteiger partial charge >= 0.3 is 5.97 Å². The molecule has 0 spiro atoms. The van der Waals surface area contributed by atoms with Crippen molar-refractivity contribution in [3.63, 3.8) is 0 Å². The molecule has 1 rings (SSSR count). The van der Waals surface area contributed by atoms with Crippen LogP contribution in [0.25, 0.3) is 0 Å². The number of nitrogens with one attached hydrogen (secondary N) is 1. The molecule has 2 N–H and O–H groups in total. The Bertz CT molecular complexity index is 648. The van der Waals surface area contributed by atoms with Crippen molar-refractivity contribution in [1.29, 1.82) is 0 Å². The smallest absolute Gasteiger partial charge is 0.322 e. The molecule has 0 aliphatic carbocycles. The summed E-state index contributed by atoms with van der Waals surface area (Å²) < 4.78 is 65.0. The molecule has 2 atom stereocenters. The van der Waals surface area contributed by atoms with Crippen LogP contribution in [0.4, 0.5) is 13.2 Å². The average molecular weight is 325 g/mol. The summed E-state index contributed by atoms with van der Waals surface area (Å²) in [5.74, 6) is -6.62. The predicted molar refractivity (Wildman–Crippen MR) is 67.5 cm³/mol. The second-order valence-electron chi connectivity index (χ2n) is 4.52. The minimum absolute atomic E-state index is 0.0862. The van der Waals surface area contributed by atoms with Crippen LogP contribution in [0.1, 0.15) is 20.3 Å². The molecule has 0 bridgehead atoms. The first-order chi connectivity index (χ1) is 9.60. The summed E-state index contributed by atoms with van der Waals surface area (Å²) >= 11 is 0. The van der Waals surface area contributed by atoms with Crippen molar-refractivity contribution < 1.29 is 31.5 Å². The quantitative estimate of drug-likeness (QED) is 0.782. The van der Waals surface area contributed by atoms with E-state index < -0.39 is 50.3 Å². The molecule has 0 aliphatic heterocycles. The van der Waals surface area contributed by atoms with Crippen LogP contribution in [-0.4, -0.2) is 25.5 Å². The number of halogens is 3. The predicted octanol–water partition coefficient (Wildman–Crippen LogP) is 1.88. The van der Waals surface area contributed by atoms with Gasteiger partial charge in [0, 0.05) is 6.07 Å². The Hall–Kier alpha value is -1.61. The molecule has 9 heteroatoms. The van der Waals surface area contributed by atoms with E-state index in [4.69, 9.17) is 5.11 Å². The number of rotatable bonds is 6. The maximum Gasteiger partial charge on any atom is 0.322 e. The number of hydrogen-bond acceptors (Lipinski definition) is 3. The number of hydrogen-bond donors (Lipinski definition) is 2. The highest BCUT2D eigenvalue weighted by molar-refractivity contribution is 7.89. The highest BCUT2D eigenvalue weighted by Crippen LogP contribution is 2.20. The van der Waals surface area contributed by atoms with Crippen molar-refractivity contribution in [2.24, 2.45) is 5.92 Å². The largest absolute Gasteiger partial charge is 0.480 e. The van der Waals surface area contributed by atoms with Gasteiger partial charge in [-0.1, -0.05) is 20.3 Å². The van der Waals surface area contributed by atoms with Crippen LogP contribution in [0.2, 0.25) is 0 Å². The summed E-state index contributed by atoms with van der Waals surface area (Å²) in [5, 5.41) is 9.00. The van der Waals surface area contributed by atoms with Crippen molar-refractivity contribution in [3.05, 3.63) is 29.6 Å². The SMILES string of the molecule is CCC(C)C(NS(=O)(=O)c1cc(F)c(F)cc1F)C(=O)O. The number of aliphatic carboxylic acids is 1. The zero-order chi connectivity index (χ0) is 16.4. The summed E-state index contributed by atoms with van der Waals surface area (Å²) in [6.45, 7) is 3.13. The lowest BCUT2D eigenvalue weighted by atomic mass is 10.0. The number of carbonyl (C=O) groups is 1. The normalized spacial score (nSPS) is 14.7. The van der Waals surface area contributed by atoms with Gasteiger partial charge in [-0.25, -0.2) is 21.6 Å². The fourth-order valence-electron chi connectivity index (χ4n) is 1.59. The minimum atomic E-state index is -4.64. The van der Waals surface area contributed by atoms with Gasteiger partial charge in [0.05, 0.1) is 0 Å². The Labute approximate surface area is 119 Å². The molecule has 0 aliphatic rings. The third kappa shape index (κ3) is 3.94. The number of benzene rings is 1. The van der Waals surface area contributed by atoms with Gasteiger partial charge in [0.15, 0.2) is 11.6 Å². The van der Waals surface area contributed by atoms with Crippen LogP contribution < -0.4 is 4.72 Å². The topological polar surface area (TPSA) is 83.5 Å². The van der Waals surface area contributed by atoms with Crippen molar-refractivity contribution in [2.75, 3.05) is 0 Å². The molecule has 21 heavy (non-hydrogen) atoms. The van der Waals surface area contributed by atoms with Gasteiger partial charge in [-0.3, -0.25) is 4.79 Å². The van der Waals surface area contributed by atoms with Crippen LogP contribution >= 0.6 is 0 Å². The van der Waals surface area contributed by atoms with Gasteiger partial charge in [-0.2, -0.15) is 4.72 Å². The second kappa shape index (κ2) is 6.44. The zero-order valence-corrected chi connectivity index (χ0v) is 12.0. The van der Waals surface area contributed by atoms with E-state index in [1.165, 1.54) is 6.92 Å². The monoisotopic (exact) mass is 325 g/mol. The van der Waals surface area contributed by atoms with E-state index in [0.29, 0.717) is 6.42 Å². The van der Waals surface area contributed by atoms with Gasteiger partial charge in [0.2, 0.25) is 10.0 Å². The molecule has 0 aromatic heterocycles. The summed E-state index contributed by atoms with van der Waals surface area (Å²) in [6, 6.07) is -1.25. The van der Waals surface area contributed by atoms with Gasteiger partial charge in [0.1, 0.15) is 16.8 Å². The Kier molecular flexibility index (Phi) is 5.35.